The van der Waals surface area contributed by atoms with Gasteiger partial charge in [0.2, 0.25) is 5.91 Å². The highest BCUT2D eigenvalue weighted by Gasteiger charge is 2.44. The molecule has 7 N–H and O–H groups in total. The maximum Gasteiger partial charge on any atom is 0.220 e. The molecule has 346 valence electrons. The Labute approximate surface area is 361 Å². The van der Waals surface area contributed by atoms with Gasteiger partial charge < -0.3 is 40.7 Å². The fourth-order valence-electron chi connectivity index (χ4n) is 8.26. The molecule has 8 atom stereocenters. The van der Waals surface area contributed by atoms with Gasteiger partial charge in [0.05, 0.1) is 18.8 Å². The van der Waals surface area contributed by atoms with Gasteiger partial charge in [-0.3, -0.25) is 4.79 Å². The largest absolute Gasteiger partial charge is 0.394 e. The first-order valence-corrected chi connectivity index (χ1v) is 25.9. The van der Waals surface area contributed by atoms with Crippen LogP contribution < -0.4 is 5.32 Å². The zero-order valence-corrected chi connectivity index (χ0v) is 38.5. The summed E-state index contributed by atoms with van der Waals surface area (Å²) in [6.45, 7) is 4.00. The van der Waals surface area contributed by atoms with Crippen molar-refractivity contribution in [1.82, 2.24) is 5.32 Å². The van der Waals surface area contributed by atoms with Gasteiger partial charge >= 0.3 is 0 Å². The number of amides is 1. The third-order valence-corrected chi connectivity index (χ3v) is 13.6. The average Bonchev–Trinajstić information content (AvgIpc) is 3.22. The molecule has 58 heavy (non-hydrogen) atoms. The number of thioether (sulfide) groups is 1. The Hall–Kier alpha value is -0.460. The van der Waals surface area contributed by atoms with E-state index in [0.29, 0.717) is 12.8 Å². The highest BCUT2D eigenvalue weighted by Crippen LogP contribution is 2.30. The van der Waals surface area contributed by atoms with E-state index in [4.69, 9.17) is 4.74 Å². The molecule has 0 radical (unpaired) electrons. The molecule has 0 aromatic carbocycles. The molecule has 1 fully saturated rings. The third-order valence-electron chi connectivity index (χ3n) is 12.3. The first-order chi connectivity index (χ1) is 28.3. The van der Waals surface area contributed by atoms with Gasteiger partial charge in [0.15, 0.2) is 0 Å². The SMILES string of the molecule is CCCCCCCCCCCCCCCCCCCCCCCC(=O)N[C@@H](CS[C@H]1O[C@H](CO)[C@H](O)[C@H](O)[C@H]1O)[C@H](O)[C@H](O)CCCCCCCCCCCCCC. The Morgan fingerprint density at radius 3 is 1.28 bits per heavy atom. The highest BCUT2D eigenvalue weighted by atomic mass is 32.2. The number of hydrogen-bond acceptors (Lipinski definition) is 9. The first-order valence-electron chi connectivity index (χ1n) is 24.8. The van der Waals surface area contributed by atoms with Crippen LogP contribution in [0.1, 0.15) is 239 Å². The van der Waals surface area contributed by atoms with E-state index in [-0.39, 0.29) is 11.7 Å². The lowest BCUT2D eigenvalue weighted by Gasteiger charge is -2.40. The minimum Gasteiger partial charge on any atom is -0.394 e. The quantitative estimate of drug-likeness (QED) is 0.0297. The maximum atomic E-state index is 13.1. The second kappa shape index (κ2) is 39.4. The summed E-state index contributed by atoms with van der Waals surface area (Å²) in [6.07, 6.45) is 35.0. The number of aliphatic hydroxyl groups excluding tert-OH is 6. The number of hydrogen-bond donors (Lipinski definition) is 7. The lowest BCUT2D eigenvalue weighted by molar-refractivity contribution is -0.205. The number of rotatable bonds is 42. The van der Waals surface area contributed by atoms with E-state index in [2.05, 4.69) is 19.2 Å². The van der Waals surface area contributed by atoms with Gasteiger partial charge in [-0.15, -0.1) is 11.8 Å². The second-order valence-electron chi connectivity index (χ2n) is 17.8. The molecule has 1 saturated heterocycles. The summed E-state index contributed by atoms with van der Waals surface area (Å²) in [4.78, 5) is 13.1. The van der Waals surface area contributed by atoms with Crippen molar-refractivity contribution < 1.29 is 40.2 Å². The number of unbranched alkanes of at least 4 members (excludes halogenated alkanes) is 31. The molecule has 10 heteroatoms. The summed E-state index contributed by atoms with van der Waals surface area (Å²) in [5.41, 5.74) is -0.981. The van der Waals surface area contributed by atoms with Crippen molar-refractivity contribution in [2.45, 2.75) is 287 Å². The van der Waals surface area contributed by atoms with E-state index in [0.717, 1.165) is 50.3 Å². The summed E-state index contributed by atoms with van der Waals surface area (Å²) >= 11 is 1.09. The van der Waals surface area contributed by atoms with E-state index in [1.807, 2.05) is 0 Å². The predicted molar refractivity (Wildman–Crippen MR) is 243 cm³/mol. The molecule has 1 aliphatic heterocycles. The van der Waals surface area contributed by atoms with Crippen LogP contribution in [0.3, 0.4) is 0 Å². The highest BCUT2D eigenvalue weighted by molar-refractivity contribution is 7.99. The van der Waals surface area contributed by atoms with Gasteiger partial charge in [-0.2, -0.15) is 0 Å². The van der Waals surface area contributed by atoms with Crippen LogP contribution in [0, 0.1) is 0 Å². The smallest absolute Gasteiger partial charge is 0.220 e. The van der Waals surface area contributed by atoms with Crippen LogP contribution in [0.25, 0.3) is 0 Å². The molecule has 0 aromatic heterocycles. The van der Waals surface area contributed by atoms with E-state index in [9.17, 15) is 35.4 Å². The van der Waals surface area contributed by atoms with Crippen molar-refractivity contribution in [3.05, 3.63) is 0 Å². The summed E-state index contributed by atoms with van der Waals surface area (Å²) < 4.78 is 5.65. The van der Waals surface area contributed by atoms with Crippen molar-refractivity contribution in [3.8, 4) is 0 Å². The first kappa shape index (κ1) is 55.6. The van der Waals surface area contributed by atoms with E-state index in [1.54, 1.807) is 0 Å². The van der Waals surface area contributed by atoms with E-state index in [1.165, 1.54) is 173 Å². The fourth-order valence-corrected chi connectivity index (χ4v) is 9.52. The van der Waals surface area contributed by atoms with Gasteiger partial charge in [0, 0.05) is 12.2 Å². The molecule has 0 bridgehead atoms. The number of nitrogens with one attached hydrogen (secondary N) is 1. The molecule has 0 unspecified atom stereocenters. The zero-order valence-electron chi connectivity index (χ0n) is 37.7. The zero-order chi connectivity index (χ0) is 42.5. The Balaban J connectivity index is 2.30. The van der Waals surface area contributed by atoms with Crippen LogP contribution in [-0.4, -0.2) is 97.0 Å². The van der Waals surface area contributed by atoms with Crippen molar-refractivity contribution in [2.75, 3.05) is 12.4 Å². The molecule has 9 nitrogen and oxygen atoms in total. The Kier molecular flexibility index (Phi) is 37.7. The molecule has 0 aliphatic carbocycles. The average molecular weight is 846 g/mol. The summed E-state index contributed by atoms with van der Waals surface area (Å²) in [5, 5.41) is 65.7. The van der Waals surface area contributed by atoms with E-state index < -0.39 is 54.7 Å². The van der Waals surface area contributed by atoms with Crippen LogP contribution in [0.5, 0.6) is 0 Å². The van der Waals surface area contributed by atoms with Crippen molar-refractivity contribution in [3.63, 3.8) is 0 Å². The number of aliphatic hydroxyl groups is 6. The summed E-state index contributed by atoms with van der Waals surface area (Å²) in [5.74, 6) is -0.0708. The predicted octanol–water partition coefficient (Wildman–Crippen LogP) is 10.4. The van der Waals surface area contributed by atoms with Crippen LogP contribution in [0.2, 0.25) is 0 Å². The molecule has 1 heterocycles. The normalized spacial score (nSPS) is 21.3. The molecule has 1 aliphatic rings. The summed E-state index contributed by atoms with van der Waals surface area (Å²) in [7, 11) is 0. The van der Waals surface area contributed by atoms with Gasteiger partial charge in [-0.1, -0.05) is 219 Å². The van der Waals surface area contributed by atoms with Crippen molar-refractivity contribution in [2.24, 2.45) is 0 Å². The van der Waals surface area contributed by atoms with Gasteiger partial charge in [-0.25, -0.2) is 0 Å². The van der Waals surface area contributed by atoms with E-state index >= 15 is 0 Å². The molecule has 0 spiro atoms. The Morgan fingerprint density at radius 2 is 0.897 bits per heavy atom. The van der Waals surface area contributed by atoms with Crippen LogP contribution in [-0.2, 0) is 9.53 Å². The Morgan fingerprint density at radius 1 is 0.534 bits per heavy atom. The second-order valence-corrected chi connectivity index (χ2v) is 18.9. The standard InChI is InChI=1S/C48H95NO8S/c1-3-5-7-9-11-13-15-17-18-19-20-21-22-23-24-25-27-29-31-33-35-37-43(52)49-40(39-58-48-47(56)46(55)45(54)42(38-50)57-48)44(53)41(51)36-34-32-30-28-26-16-14-12-10-8-6-4-2/h40-42,44-48,50-51,53-56H,3-39H2,1-2H3,(H,49,52)/t40-,41+,42+,44-,45-,46-,47+,48+/m0/s1. The molecule has 0 aromatic rings. The molecular weight excluding hydrogens is 751 g/mol. The van der Waals surface area contributed by atoms with Gasteiger partial charge in [0.1, 0.15) is 36.0 Å². The monoisotopic (exact) mass is 846 g/mol. The van der Waals surface area contributed by atoms with Crippen molar-refractivity contribution in [1.29, 1.82) is 0 Å². The van der Waals surface area contributed by atoms with Gasteiger partial charge in [0.25, 0.3) is 0 Å². The number of carbonyl (C=O) groups is 1. The number of ether oxygens (including phenoxy) is 1. The van der Waals surface area contributed by atoms with Crippen molar-refractivity contribution >= 4 is 17.7 Å². The Bertz CT molecular complexity index is 900. The van der Waals surface area contributed by atoms with Gasteiger partial charge in [-0.05, 0) is 12.8 Å². The summed E-state index contributed by atoms with van der Waals surface area (Å²) in [6, 6.07) is -0.799. The topological polar surface area (TPSA) is 160 Å². The molecule has 1 rings (SSSR count). The fraction of sp³-hybridized carbons (Fsp3) is 0.979. The van der Waals surface area contributed by atoms with Crippen LogP contribution >= 0.6 is 11.8 Å². The molecule has 1 amide bonds. The number of carbonyl (C=O) groups excluding carboxylic acids is 1. The van der Waals surface area contributed by atoms with Crippen LogP contribution in [0.4, 0.5) is 0 Å². The molecular formula is C48H95NO8S. The third kappa shape index (κ3) is 29.0. The maximum absolute atomic E-state index is 13.1. The lowest BCUT2D eigenvalue weighted by atomic mass is 9.99. The minimum atomic E-state index is -1.50. The minimum absolute atomic E-state index is 0.115. The van der Waals surface area contributed by atoms with Crippen LogP contribution in [0.15, 0.2) is 0 Å². The lowest BCUT2D eigenvalue weighted by Crippen LogP contribution is -2.58. The molecule has 0 saturated carbocycles.